The van der Waals surface area contributed by atoms with Crippen LogP contribution in [-0.2, 0) is 0 Å². The van der Waals surface area contributed by atoms with Crippen molar-refractivity contribution < 1.29 is 5.11 Å². The Bertz CT molecular complexity index is 149. The highest BCUT2D eigenvalue weighted by atomic mass is 16.3. The standard InChI is InChI=1S/C10H16O/c1-2-6-10(9-11)7-4-3-5-8-10/h1,11H,3-9H2. The van der Waals surface area contributed by atoms with Gasteiger partial charge in [0, 0.05) is 18.4 Å². The molecule has 0 aromatic heterocycles. The molecule has 0 amide bonds. The Morgan fingerprint density at radius 3 is 2.36 bits per heavy atom. The van der Waals surface area contributed by atoms with Crippen LogP contribution in [0.25, 0.3) is 0 Å². The van der Waals surface area contributed by atoms with Crippen molar-refractivity contribution in [3.8, 4) is 12.3 Å². The molecule has 0 aliphatic heterocycles. The Kier molecular flexibility index (Phi) is 2.96. The van der Waals surface area contributed by atoms with Crippen LogP contribution >= 0.6 is 0 Å². The number of aliphatic hydroxyl groups is 1. The number of rotatable bonds is 2. The molecule has 0 aromatic carbocycles. The lowest BCUT2D eigenvalue weighted by atomic mass is 9.73. The van der Waals surface area contributed by atoms with E-state index in [0.717, 1.165) is 19.3 Å². The van der Waals surface area contributed by atoms with E-state index in [-0.39, 0.29) is 12.0 Å². The Labute approximate surface area is 68.8 Å². The molecule has 1 aliphatic rings. The van der Waals surface area contributed by atoms with E-state index in [4.69, 9.17) is 6.42 Å². The lowest BCUT2D eigenvalue weighted by Gasteiger charge is -2.33. The van der Waals surface area contributed by atoms with Crippen LogP contribution < -0.4 is 0 Å². The van der Waals surface area contributed by atoms with E-state index in [2.05, 4.69) is 5.92 Å². The maximum Gasteiger partial charge on any atom is 0.0496 e. The topological polar surface area (TPSA) is 20.2 Å². The highest BCUT2D eigenvalue weighted by Crippen LogP contribution is 2.38. The molecule has 0 atom stereocenters. The van der Waals surface area contributed by atoms with Gasteiger partial charge in [0.05, 0.1) is 0 Å². The Morgan fingerprint density at radius 1 is 1.27 bits per heavy atom. The normalized spacial score (nSPS) is 22.5. The molecule has 1 nitrogen and oxygen atoms in total. The van der Waals surface area contributed by atoms with Crippen LogP contribution in [0.2, 0.25) is 0 Å². The van der Waals surface area contributed by atoms with Gasteiger partial charge in [0.1, 0.15) is 0 Å². The zero-order valence-corrected chi connectivity index (χ0v) is 6.97. The lowest BCUT2D eigenvalue weighted by Crippen LogP contribution is -2.27. The van der Waals surface area contributed by atoms with Gasteiger partial charge in [0.2, 0.25) is 0 Å². The average Bonchev–Trinajstić information content (AvgIpc) is 2.07. The molecule has 1 fully saturated rings. The Hall–Kier alpha value is -0.480. The van der Waals surface area contributed by atoms with Crippen molar-refractivity contribution in [1.82, 2.24) is 0 Å². The third-order valence-corrected chi connectivity index (χ3v) is 2.73. The summed E-state index contributed by atoms with van der Waals surface area (Å²) in [5.74, 6) is 2.67. The van der Waals surface area contributed by atoms with E-state index >= 15 is 0 Å². The highest BCUT2D eigenvalue weighted by molar-refractivity contribution is 4.95. The Morgan fingerprint density at radius 2 is 1.91 bits per heavy atom. The van der Waals surface area contributed by atoms with Crippen LogP contribution in [0.5, 0.6) is 0 Å². The summed E-state index contributed by atoms with van der Waals surface area (Å²) in [6.45, 7) is 0.275. The van der Waals surface area contributed by atoms with E-state index in [1.807, 2.05) is 0 Å². The van der Waals surface area contributed by atoms with Crippen LogP contribution in [0.3, 0.4) is 0 Å². The summed E-state index contributed by atoms with van der Waals surface area (Å²) in [6.07, 6.45) is 12.0. The molecule has 11 heavy (non-hydrogen) atoms. The first-order valence-corrected chi connectivity index (χ1v) is 4.37. The largest absolute Gasteiger partial charge is 0.396 e. The molecule has 0 spiro atoms. The third-order valence-electron chi connectivity index (χ3n) is 2.73. The molecule has 1 rings (SSSR count). The summed E-state index contributed by atoms with van der Waals surface area (Å²) >= 11 is 0. The first kappa shape index (κ1) is 8.62. The van der Waals surface area contributed by atoms with E-state index in [9.17, 15) is 5.11 Å². The van der Waals surface area contributed by atoms with Crippen molar-refractivity contribution in [3.63, 3.8) is 0 Å². The van der Waals surface area contributed by atoms with Crippen molar-refractivity contribution in [1.29, 1.82) is 0 Å². The molecule has 0 radical (unpaired) electrons. The lowest BCUT2D eigenvalue weighted by molar-refractivity contribution is 0.0871. The summed E-state index contributed by atoms with van der Waals surface area (Å²) < 4.78 is 0. The maximum atomic E-state index is 9.18. The molecular weight excluding hydrogens is 136 g/mol. The molecule has 0 bridgehead atoms. The smallest absolute Gasteiger partial charge is 0.0496 e. The SMILES string of the molecule is C#CCC1(CO)CCCCC1. The van der Waals surface area contributed by atoms with Crippen LogP contribution in [0.15, 0.2) is 0 Å². The van der Waals surface area contributed by atoms with Gasteiger partial charge >= 0.3 is 0 Å². The second kappa shape index (κ2) is 3.78. The van der Waals surface area contributed by atoms with Crippen molar-refractivity contribution in [2.45, 2.75) is 38.5 Å². The van der Waals surface area contributed by atoms with Gasteiger partial charge in [-0.15, -0.1) is 12.3 Å². The molecule has 62 valence electrons. The number of hydrogen-bond acceptors (Lipinski definition) is 1. The van der Waals surface area contributed by atoms with Gasteiger partial charge in [-0.1, -0.05) is 19.3 Å². The van der Waals surface area contributed by atoms with Crippen molar-refractivity contribution >= 4 is 0 Å². The van der Waals surface area contributed by atoms with E-state index in [0.29, 0.717) is 0 Å². The second-order valence-corrected chi connectivity index (χ2v) is 3.60. The first-order valence-electron chi connectivity index (χ1n) is 4.37. The molecule has 1 heteroatoms. The molecule has 1 N–H and O–H groups in total. The first-order chi connectivity index (χ1) is 5.33. The zero-order valence-electron chi connectivity index (χ0n) is 6.97. The molecule has 0 heterocycles. The van der Waals surface area contributed by atoms with Crippen LogP contribution in [0, 0.1) is 17.8 Å². The monoisotopic (exact) mass is 152 g/mol. The van der Waals surface area contributed by atoms with Gasteiger partial charge in [0.25, 0.3) is 0 Å². The van der Waals surface area contributed by atoms with Crippen molar-refractivity contribution in [2.24, 2.45) is 5.41 Å². The zero-order chi connectivity index (χ0) is 8.16. The molecule has 1 aliphatic carbocycles. The van der Waals surface area contributed by atoms with Gasteiger partial charge < -0.3 is 5.11 Å². The summed E-state index contributed by atoms with van der Waals surface area (Å²) in [6, 6.07) is 0. The fraction of sp³-hybridized carbons (Fsp3) is 0.800. The van der Waals surface area contributed by atoms with E-state index in [1.54, 1.807) is 0 Å². The molecular formula is C10H16O. The van der Waals surface area contributed by atoms with E-state index < -0.39 is 0 Å². The molecule has 1 saturated carbocycles. The van der Waals surface area contributed by atoms with Gasteiger partial charge in [0.15, 0.2) is 0 Å². The fourth-order valence-corrected chi connectivity index (χ4v) is 1.91. The van der Waals surface area contributed by atoms with Crippen LogP contribution in [0.4, 0.5) is 0 Å². The molecule has 0 unspecified atom stereocenters. The fourth-order valence-electron chi connectivity index (χ4n) is 1.91. The number of hydrogen-bond donors (Lipinski definition) is 1. The van der Waals surface area contributed by atoms with Crippen molar-refractivity contribution in [2.75, 3.05) is 6.61 Å². The third kappa shape index (κ3) is 1.97. The van der Waals surface area contributed by atoms with Gasteiger partial charge in [-0.05, 0) is 12.8 Å². The number of terminal acetylenes is 1. The minimum absolute atomic E-state index is 0.0903. The second-order valence-electron chi connectivity index (χ2n) is 3.60. The van der Waals surface area contributed by atoms with E-state index in [1.165, 1.54) is 19.3 Å². The minimum Gasteiger partial charge on any atom is -0.396 e. The van der Waals surface area contributed by atoms with Crippen molar-refractivity contribution in [3.05, 3.63) is 0 Å². The summed E-state index contributed by atoms with van der Waals surface area (Å²) in [4.78, 5) is 0. The minimum atomic E-state index is 0.0903. The van der Waals surface area contributed by atoms with Gasteiger partial charge in [-0.3, -0.25) is 0 Å². The predicted octanol–water partition coefficient (Wildman–Crippen LogP) is 1.95. The number of aliphatic hydroxyl groups excluding tert-OH is 1. The van der Waals surface area contributed by atoms with Crippen LogP contribution in [-0.4, -0.2) is 11.7 Å². The quantitative estimate of drug-likeness (QED) is 0.600. The Balaban J connectivity index is 2.51. The summed E-state index contributed by atoms with van der Waals surface area (Å²) in [7, 11) is 0. The van der Waals surface area contributed by atoms with Gasteiger partial charge in [-0.2, -0.15) is 0 Å². The maximum absolute atomic E-state index is 9.18. The summed E-state index contributed by atoms with van der Waals surface area (Å²) in [5.41, 5.74) is 0.0903. The molecule has 0 aromatic rings. The predicted molar refractivity (Wildman–Crippen MR) is 46.1 cm³/mol. The van der Waals surface area contributed by atoms with Gasteiger partial charge in [-0.25, -0.2) is 0 Å². The van der Waals surface area contributed by atoms with Crippen LogP contribution in [0.1, 0.15) is 38.5 Å². The summed E-state index contributed by atoms with van der Waals surface area (Å²) in [5, 5.41) is 9.18. The highest BCUT2D eigenvalue weighted by Gasteiger charge is 2.29. The molecule has 0 saturated heterocycles. The average molecular weight is 152 g/mol.